The fourth-order valence-electron chi connectivity index (χ4n) is 3.45. The van der Waals surface area contributed by atoms with Crippen LogP contribution in [0.5, 0.6) is 0 Å². The van der Waals surface area contributed by atoms with E-state index >= 15 is 0 Å². The Morgan fingerprint density at radius 3 is 2.77 bits per heavy atom. The minimum absolute atomic E-state index is 0.000193. The molecule has 1 unspecified atom stereocenters. The number of carbonyl (C=O) groups is 3. The van der Waals surface area contributed by atoms with E-state index in [-0.39, 0.29) is 19.0 Å². The molecule has 2 aliphatic heterocycles. The fraction of sp³-hybridized carbons (Fsp3) is 0.500. The van der Waals surface area contributed by atoms with Gasteiger partial charge in [0.25, 0.3) is 5.91 Å². The molecule has 8 heteroatoms. The van der Waals surface area contributed by atoms with Gasteiger partial charge in [-0.2, -0.15) is 0 Å². The van der Waals surface area contributed by atoms with Gasteiger partial charge in [-0.3, -0.25) is 14.5 Å². The van der Waals surface area contributed by atoms with Crippen LogP contribution in [0.3, 0.4) is 0 Å². The maximum absolute atomic E-state index is 12.4. The van der Waals surface area contributed by atoms with Gasteiger partial charge in [0.2, 0.25) is 5.91 Å². The van der Waals surface area contributed by atoms with Crippen molar-refractivity contribution in [1.29, 1.82) is 0 Å². The number of hydrogen-bond acceptors (Lipinski definition) is 4. The summed E-state index contributed by atoms with van der Waals surface area (Å²) >= 11 is 6.11. The average Bonchev–Trinajstić information content (AvgIpc) is 2.81. The molecule has 7 nitrogen and oxygen atoms in total. The standard InChI is InChI=1S/C18H23ClN4O3/c1-12-4-3-7-22(9-12)15-6-5-13(19)8-14(15)20-16(24)10-23-17(25)11-21(2)18(23)26/h5-6,8,12H,3-4,7,9-11H2,1-2H3,(H,20,24). The molecule has 1 N–H and O–H groups in total. The van der Waals surface area contributed by atoms with Gasteiger partial charge >= 0.3 is 6.03 Å². The molecular weight excluding hydrogens is 356 g/mol. The molecule has 2 fully saturated rings. The van der Waals surface area contributed by atoms with Crippen molar-refractivity contribution in [3.8, 4) is 0 Å². The van der Waals surface area contributed by atoms with Crippen LogP contribution in [0, 0.1) is 5.92 Å². The predicted molar refractivity (Wildman–Crippen MR) is 100 cm³/mol. The van der Waals surface area contributed by atoms with Gasteiger partial charge in [-0.15, -0.1) is 0 Å². The van der Waals surface area contributed by atoms with Crippen molar-refractivity contribution in [3.63, 3.8) is 0 Å². The Morgan fingerprint density at radius 2 is 2.12 bits per heavy atom. The quantitative estimate of drug-likeness (QED) is 0.816. The van der Waals surface area contributed by atoms with Gasteiger partial charge in [-0.25, -0.2) is 4.79 Å². The minimum atomic E-state index is -0.457. The SMILES string of the molecule is CC1CCCN(c2ccc(Cl)cc2NC(=O)CN2C(=O)CN(C)C2=O)C1. The second-order valence-electron chi connectivity index (χ2n) is 7.02. The van der Waals surface area contributed by atoms with Gasteiger partial charge in [-0.1, -0.05) is 18.5 Å². The molecule has 4 amide bonds. The third-order valence-corrected chi connectivity index (χ3v) is 5.00. The minimum Gasteiger partial charge on any atom is -0.370 e. The summed E-state index contributed by atoms with van der Waals surface area (Å²) in [6.45, 7) is 3.74. The number of halogens is 1. The number of hydrogen-bond donors (Lipinski definition) is 1. The summed E-state index contributed by atoms with van der Waals surface area (Å²) in [7, 11) is 1.53. The highest BCUT2D eigenvalue weighted by Gasteiger charge is 2.35. The lowest BCUT2D eigenvalue weighted by molar-refractivity contribution is -0.129. The predicted octanol–water partition coefficient (Wildman–Crippen LogP) is 2.41. The molecule has 0 aromatic heterocycles. The molecule has 0 spiro atoms. The van der Waals surface area contributed by atoms with E-state index in [1.165, 1.54) is 18.4 Å². The molecule has 1 aromatic rings. The van der Waals surface area contributed by atoms with Crippen molar-refractivity contribution < 1.29 is 14.4 Å². The second kappa shape index (κ2) is 7.53. The first kappa shape index (κ1) is 18.5. The zero-order valence-electron chi connectivity index (χ0n) is 15.0. The molecule has 1 aromatic carbocycles. The van der Waals surface area contributed by atoms with Crippen LogP contribution >= 0.6 is 11.6 Å². The van der Waals surface area contributed by atoms with E-state index in [1.54, 1.807) is 12.1 Å². The zero-order valence-corrected chi connectivity index (χ0v) is 15.8. The number of nitrogens with zero attached hydrogens (tertiary/aromatic N) is 3. The Balaban J connectivity index is 1.74. The Kier molecular flexibility index (Phi) is 5.36. The highest BCUT2D eigenvalue weighted by Crippen LogP contribution is 2.32. The van der Waals surface area contributed by atoms with E-state index in [0.29, 0.717) is 16.6 Å². The summed E-state index contributed by atoms with van der Waals surface area (Å²) in [5.41, 5.74) is 1.51. The molecule has 2 aliphatic rings. The molecule has 2 heterocycles. The number of urea groups is 1. The lowest BCUT2D eigenvalue weighted by Gasteiger charge is -2.34. The van der Waals surface area contributed by atoms with Gasteiger partial charge < -0.3 is 15.1 Å². The Morgan fingerprint density at radius 1 is 1.35 bits per heavy atom. The van der Waals surface area contributed by atoms with E-state index < -0.39 is 11.9 Å². The molecule has 0 radical (unpaired) electrons. The molecular formula is C18H23ClN4O3. The zero-order chi connectivity index (χ0) is 18.8. The smallest absolute Gasteiger partial charge is 0.327 e. The van der Waals surface area contributed by atoms with Crippen LogP contribution in [0.2, 0.25) is 5.02 Å². The van der Waals surface area contributed by atoms with E-state index in [1.807, 2.05) is 6.07 Å². The van der Waals surface area contributed by atoms with E-state index in [0.717, 1.165) is 30.1 Å². The topological polar surface area (TPSA) is 73.0 Å². The number of likely N-dealkylation sites (N-methyl/N-ethyl adjacent to an activating group) is 1. The first-order valence-corrected chi connectivity index (χ1v) is 9.12. The number of anilines is 2. The summed E-state index contributed by atoms with van der Waals surface area (Å²) < 4.78 is 0. The molecule has 0 aliphatic carbocycles. The maximum Gasteiger partial charge on any atom is 0.327 e. The van der Waals surface area contributed by atoms with Gasteiger partial charge in [0.05, 0.1) is 11.4 Å². The van der Waals surface area contributed by atoms with E-state index in [4.69, 9.17) is 11.6 Å². The monoisotopic (exact) mass is 378 g/mol. The maximum atomic E-state index is 12.4. The first-order valence-electron chi connectivity index (χ1n) is 8.75. The second-order valence-corrected chi connectivity index (χ2v) is 7.46. The Labute approximate surface area is 157 Å². The number of nitrogens with one attached hydrogen (secondary N) is 1. The van der Waals surface area contributed by atoms with Crippen LogP contribution in [0.25, 0.3) is 0 Å². The van der Waals surface area contributed by atoms with E-state index in [9.17, 15) is 14.4 Å². The van der Waals surface area contributed by atoms with Gasteiger partial charge in [0, 0.05) is 25.2 Å². The molecule has 3 rings (SSSR count). The summed E-state index contributed by atoms with van der Waals surface area (Å²) in [6, 6.07) is 4.94. The molecule has 1 atom stereocenters. The van der Waals surface area contributed by atoms with Crippen molar-refractivity contribution in [2.75, 3.05) is 43.4 Å². The van der Waals surface area contributed by atoms with Crippen LogP contribution in [0.15, 0.2) is 18.2 Å². The van der Waals surface area contributed by atoms with Crippen molar-refractivity contribution >= 4 is 40.8 Å². The van der Waals surface area contributed by atoms with Crippen molar-refractivity contribution in [2.24, 2.45) is 5.92 Å². The third kappa shape index (κ3) is 3.93. The molecule has 0 saturated carbocycles. The summed E-state index contributed by atoms with van der Waals surface area (Å²) in [5.74, 6) is -0.210. The molecule has 0 bridgehead atoms. The van der Waals surface area contributed by atoms with Crippen LogP contribution < -0.4 is 10.2 Å². The lowest BCUT2D eigenvalue weighted by atomic mass is 9.99. The highest BCUT2D eigenvalue weighted by molar-refractivity contribution is 6.31. The number of benzene rings is 1. The normalized spacial score (nSPS) is 20.7. The molecule has 140 valence electrons. The largest absolute Gasteiger partial charge is 0.370 e. The van der Waals surface area contributed by atoms with Crippen LogP contribution in [-0.2, 0) is 9.59 Å². The van der Waals surface area contributed by atoms with Crippen LogP contribution in [0.1, 0.15) is 19.8 Å². The van der Waals surface area contributed by atoms with Gasteiger partial charge in [-0.05, 0) is 37.0 Å². The first-order chi connectivity index (χ1) is 12.3. The summed E-state index contributed by atoms with van der Waals surface area (Å²) in [4.78, 5) is 40.7. The summed E-state index contributed by atoms with van der Waals surface area (Å²) in [5, 5.41) is 3.33. The van der Waals surface area contributed by atoms with Gasteiger partial charge in [0.15, 0.2) is 0 Å². The average molecular weight is 379 g/mol. The van der Waals surface area contributed by atoms with Gasteiger partial charge in [0.1, 0.15) is 13.1 Å². The Hall–Kier alpha value is -2.28. The highest BCUT2D eigenvalue weighted by atomic mass is 35.5. The number of imide groups is 1. The molecule has 2 saturated heterocycles. The van der Waals surface area contributed by atoms with Crippen LogP contribution in [0.4, 0.5) is 16.2 Å². The van der Waals surface area contributed by atoms with Crippen LogP contribution in [-0.4, -0.2) is 60.9 Å². The van der Waals surface area contributed by atoms with Crippen molar-refractivity contribution in [1.82, 2.24) is 9.80 Å². The third-order valence-electron chi connectivity index (χ3n) is 4.76. The Bertz CT molecular complexity index is 739. The lowest BCUT2D eigenvalue weighted by Crippen LogP contribution is -2.39. The van der Waals surface area contributed by atoms with Crippen molar-refractivity contribution in [2.45, 2.75) is 19.8 Å². The van der Waals surface area contributed by atoms with E-state index in [2.05, 4.69) is 17.1 Å². The number of piperidine rings is 1. The van der Waals surface area contributed by atoms with Crippen molar-refractivity contribution in [3.05, 3.63) is 23.2 Å². The number of amides is 4. The molecule has 26 heavy (non-hydrogen) atoms. The fourth-order valence-corrected chi connectivity index (χ4v) is 3.62. The number of carbonyl (C=O) groups excluding carboxylic acids is 3. The number of rotatable bonds is 4. The summed E-state index contributed by atoms with van der Waals surface area (Å²) in [6.07, 6.45) is 2.29.